The van der Waals surface area contributed by atoms with Crippen LogP contribution in [0.25, 0.3) is 0 Å². The molecule has 0 N–H and O–H groups in total. The highest BCUT2D eigenvalue weighted by atomic mass is 16.6. The second-order valence-corrected chi connectivity index (χ2v) is 4.96. The summed E-state index contributed by atoms with van der Waals surface area (Å²) in [6.45, 7) is 3.99. The molecule has 0 aliphatic rings. The zero-order valence-corrected chi connectivity index (χ0v) is 12.5. The molecule has 6 heteroatoms. The SMILES string of the molecule is CC(c1cccnc1)N(/C=C/[N+](=O)[O-])C(C)c1cccnc1. The van der Waals surface area contributed by atoms with Crippen molar-refractivity contribution in [2.24, 2.45) is 0 Å². The number of pyridine rings is 2. The van der Waals surface area contributed by atoms with Crippen molar-refractivity contribution in [3.63, 3.8) is 0 Å². The van der Waals surface area contributed by atoms with Crippen LogP contribution in [0.4, 0.5) is 0 Å². The van der Waals surface area contributed by atoms with Crippen LogP contribution in [-0.2, 0) is 0 Å². The number of nitro groups is 1. The first-order chi connectivity index (χ1) is 10.6. The summed E-state index contributed by atoms with van der Waals surface area (Å²) in [5.74, 6) is 0. The summed E-state index contributed by atoms with van der Waals surface area (Å²) >= 11 is 0. The fraction of sp³-hybridized carbons (Fsp3) is 0.250. The Kier molecular flexibility index (Phi) is 5.19. The van der Waals surface area contributed by atoms with Crippen molar-refractivity contribution in [3.8, 4) is 0 Å². The third-order valence-electron chi connectivity index (χ3n) is 3.59. The maximum absolute atomic E-state index is 10.7. The average Bonchev–Trinajstić information content (AvgIpc) is 2.56. The van der Waals surface area contributed by atoms with Crippen molar-refractivity contribution < 1.29 is 4.92 Å². The van der Waals surface area contributed by atoms with E-state index in [4.69, 9.17) is 0 Å². The van der Waals surface area contributed by atoms with E-state index in [1.165, 1.54) is 6.20 Å². The van der Waals surface area contributed by atoms with Crippen molar-refractivity contribution in [1.29, 1.82) is 0 Å². The van der Waals surface area contributed by atoms with Gasteiger partial charge in [-0.2, -0.15) is 0 Å². The van der Waals surface area contributed by atoms with E-state index in [1.807, 2.05) is 43.0 Å². The summed E-state index contributed by atoms with van der Waals surface area (Å²) in [6, 6.07) is 7.52. The molecule has 0 aliphatic heterocycles. The van der Waals surface area contributed by atoms with Crippen molar-refractivity contribution in [1.82, 2.24) is 14.9 Å². The molecule has 0 aliphatic carbocycles. The third kappa shape index (κ3) is 3.88. The molecule has 0 radical (unpaired) electrons. The van der Waals surface area contributed by atoms with E-state index in [1.54, 1.807) is 24.8 Å². The fourth-order valence-corrected chi connectivity index (χ4v) is 2.32. The van der Waals surface area contributed by atoms with Crippen LogP contribution < -0.4 is 0 Å². The number of hydrogen-bond donors (Lipinski definition) is 0. The molecule has 2 rings (SSSR count). The molecule has 2 unspecified atom stereocenters. The van der Waals surface area contributed by atoms with Crippen LogP contribution in [0.5, 0.6) is 0 Å². The van der Waals surface area contributed by atoms with Gasteiger partial charge in [0.15, 0.2) is 0 Å². The van der Waals surface area contributed by atoms with E-state index in [-0.39, 0.29) is 12.1 Å². The molecule has 0 amide bonds. The van der Waals surface area contributed by atoms with Gasteiger partial charge in [0, 0.05) is 24.8 Å². The highest BCUT2D eigenvalue weighted by molar-refractivity contribution is 5.18. The minimum Gasteiger partial charge on any atom is -0.359 e. The Morgan fingerprint density at radius 1 is 1.09 bits per heavy atom. The lowest BCUT2D eigenvalue weighted by Crippen LogP contribution is -2.25. The first-order valence-electron chi connectivity index (χ1n) is 6.98. The lowest BCUT2D eigenvalue weighted by molar-refractivity contribution is -0.403. The first kappa shape index (κ1) is 15.6. The normalized spacial score (nSPS) is 13.7. The number of rotatable bonds is 6. The molecule has 0 saturated carbocycles. The first-order valence-corrected chi connectivity index (χ1v) is 6.98. The zero-order valence-electron chi connectivity index (χ0n) is 12.5. The summed E-state index contributed by atoms with van der Waals surface area (Å²) in [5.41, 5.74) is 1.98. The van der Waals surface area contributed by atoms with Gasteiger partial charge in [0.05, 0.1) is 23.2 Å². The van der Waals surface area contributed by atoms with E-state index in [9.17, 15) is 10.1 Å². The second-order valence-electron chi connectivity index (χ2n) is 4.96. The Balaban J connectivity index is 2.32. The van der Waals surface area contributed by atoms with Gasteiger partial charge in [-0.15, -0.1) is 0 Å². The van der Waals surface area contributed by atoms with Crippen molar-refractivity contribution >= 4 is 0 Å². The van der Waals surface area contributed by atoms with E-state index in [0.717, 1.165) is 17.3 Å². The largest absolute Gasteiger partial charge is 0.359 e. The van der Waals surface area contributed by atoms with Crippen LogP contribution in [0.15, 0.2) is 61.5 Å². The van der Waals surface area contributed by atoms with E-state index < -0.39 is 4.92 Å². The van der Waals surface area contributed by atoms with Gasteiger partial charge < -0.3 is 4.90 Å². The Hall–Kier alpha value is -2.76. The standard InChI is InChI=1S/C16H18N4O2/c1-13(15-5-3-7-17-11-15)19(9-10-20(21)22)14(2)16-6-4-8-18-12-16/h3-14H,1-2H3/b10-9+. The predicted molar refractivity (Wildman–Crippen MR) is 83.3 cm³/mol. The van der Waals surface area contributed by atoms with Crippen LogP contribution in [0.1, 0.15) is 37.1 Å². The smallest absolute Gasteiger partial charge is 0.250 e. The molecule has 114 valence electrons. The second kappa shape index (κ2) is 7.31. The molecule has 2 aromatic heterocycles. The zero-order chi connectivity index (χ0) is 15.9. The van der Waals surface area contributed by atoms with Crippen LogP contribution in [0.3, 0.4) is 0 Å². The molecule has 0 saturated heterocycles. The molecule has 6 nitrogen and oxygen atoms in total. The third-order valence-corrected chi connectivity index (χ3v) is 3.59. The lowest BCUT2D eigenvalue weighted by atomic mass is 10.0. The number of aromatic nitrogens is 2. The van der Waals surface area contributed by atoms with Crippen LogP contribution in [0.2, 0.25) is 0 Å². The highest BCUT2D eigenvalue weighted by Gasteiger charge is 2.20. The van der Waals surface area contributed by atoms with E-state index in [0.29, 0.717) is 0 Å². The quantitative estimate of drug-likeness (QED) is 0.604. The van der Waals surface area contributed by atoms with Crippen LogP contribution >= 0.6 is 0 Å². The van der Waals surface area contributed by atoms with Crippen molar-refractivity contribution in [3.05, 3.63) is 82.7 Å². The maximum atomic E-state index is 10.7. The Bertz CT molecular complexity index is 586. The number of nitrogens with zero attached hydrogens (tertiary/aromatic N) is 4. The summed E-state index contributed by atoms with van der Waals surface area (Å²) in [7, 11) is 0. The lowest BCUT2D eigenvalue weighted by Gasteiger charge is -2.33. The van der Waals surface area contributed by atoms with Crippen molar-refractivity contribution in [2.75, 3.05) is 0 Å². The highest BCUT2D eigenvalue weighted by Crippen LogP contribution is 2.29. The molecule has 2 aromatic rings. The summed E-state index contributed by atoms with van der Waals surface area (Å²) in [6.07, 6.45) is 9.42. The van der Waals surface area contributed by atoms with Crippen LogP contribution in [0, 0.1) is 10.1 Å². The van der Waals surface area contributed by atoms with E-state index in [2.05, 4.69) is 9.97 Å². The molecule has 2 atom stereocenters. The Labute approximate surface area is 129 Å². The van der Waals surface area contributed by atoms with Gasteiger partial charge in [0.25, 0.3) is 0 Å². The van der Waals surface area contributed by atoms with Gasteiger partial charge >= 0.3 is 0 Å². The summed E-state index contributed by atoms with van der Waals surface area (Å²) in [4.78, 5) is 20.4. The molecular formula is C16H18N4O2. The Morgan fingerprint density at radius 2 is 1.59 bits per heavy atom. The predicted octanol–water partition coefficient (Wildman–Crippen LogP) is 3.35. The topological polar surface area (TPSA) is 72.2 Å². The molecule has 0 spiro atoms. The summed E-state index contributed by atoms with van der Waals surface area (Å²) < 4.78 is 0. The fourth-order valence-electron chi connectivity index (χ4n) is 2.32. The molecular weight excluding hydrogens is 280 g/mol. The van der Waals surface area contributed by atoms with E-state index >= 15 is 0 Å². The van der Waals surface area contributed by atoms with Gasteiger partial charge in [-0.1, -0.05) is 12.1 Å². The minimum absolute atomic E-state index is 0.0555. The average molecular weight is 298 g/mol. The van der Waals surface area contributed by atoms with Gasteiger partial charge in [-0.3, -0.25) is 20.1 Å². The molecule has 2 heterocycles. The van der Waals surface area contributed by atoms with Gasteiger partial charge in [0.2, 0.25) is 6.20 Å². The molecule has 0 fully saturated rings. The Morgan fingerprint density at radius 3 is 1.95 bits per heavy atom. The monoisotopic (exact) mass is 298 g/mol. The molecule has 22 heavy (non-hydrogen) atoms. The van der Waals surface area contributed by atoms with Gasteiger partial charge in [0.1, 0.15) is 0 Å². The maximum Gasteiger partial charge on any atom is 0.250 e. The summed E-state index contributed by atoms with van der Waals surface area (Å²) in [5, 5.41) is 10.7. The van der Waals surface area contributed by atoms with Crippen LogP contribution in [-0.4, -0.2) is 19.8 Å². The number of hydrogen-bond acceptors (Lipinski definition) is 5. The minimum atomic E-state index is -0.459. The van der Waals surface area contributed by atoms with Gasteiger partial charge in [-0.25, -0.2) is 0 Å². The van der Waals surface area contributed by atoms with Gasteiger partial charge in [-0.05, 0) is 37.1 Å². The molecule has 0 bridgehead atoms. The molecule has 0 aromatic carbocycles. The van der Waals surface area contributed by atoms with Crippen molar-refractivity contribution in [2.45, 2.75) is 25.9 Å².